The van der Waals surface area contributed by atoms with E-state index < -0.39 is 0 Å². The highest BCUT2D eigenvalue weighted by molar-refractivity contribution is 5.39. The fourth-order valence-corrected chi connectivity index (χ4v) is 1.78. The van der Waals surface area contributed by atoms with Gasteiger partial charge in [0.2, 0.25) is 11.9 Å². The van der Waals surface area contributed by atoms with Crippen molar-refractivity contribution in [3.63, 3.8) is 0 Å². The van der Waals surface area contributed by atoms with Crippen LogP contribution >= 0.6 is 0 Å². The van der Waals surface area contributed by atoms with E-state index in [9.17, 15) is 0 Å². The highest BCUT2D eigenvalue weighted by Gasteiger charge is 2.09. The number of rotatable bonds is 6. The molecule has 3 N–H and O–H groups in total. The van der Waals surface area contributed by atoms with Crippen LogP contribution in [0.2, 0.25) is 0 Å². The van der Waals surface area contributed by atoms with Gasteiger partial charge in [0, 0.05) is 0 Å². The average Bonchev–Trinajstić information content (AvgIpc) is 2.44. The van der Waals surface area contributed by atoms with Crippen LogP contribution in [0.4, 0.5) is 11.9 Å². The van der Waals surface area contributed by atoms with Crippen molar-refractivity contribution in [2.24, 2.45) is 0 Å². The quantitative estimate of drug-likeness (QED) is 0.834. The van der Waals surface area contributed by atoms with Crippen molar-refractivity contribution < 1.29 is 9.47 Å². The molecule has 7 heteroatoms. The molecule has 2 aromatic rings. The molecule has 0 aliphatic rings. The van der Waals surface area contributed by atoms with E-state index in [1.54, 1.807) is 14.0 Å². The maximum absolute atomic E-state index is 5.73. The van der Waals surface area contributed by atoms with Crippen molar-refractivity contribution in [1.82, 2.24) is 15.0 Å². The van der Waals surface area contributed by atoms with Gasteiger partial charge >= 0.3 is 0 Å². The van der Waals surface area contributed by atoms with Gasteiger partial charge in [-0.2, -0.15) is 15.0 Å². The molecule has 7 nitrogen and oxygen atoms in total. The van der Waals surface area contributed by atoms with E-state index in [0.29, 0.717) is 29.9 Å². The Labute approximate surface area is 123 Å². The lowest BCUT2D eigenvalue weighted by Crippen LogP contribution is -2.25. The zero-order valence-electron chi connectivity index (χ0n) is 12.3. The first-order chi connectivity index (χ1) is 10.1. The topological polar surface area (TPSA) is 95.2 Å². The SMILES string of the molecule is COc1ccccc1OCC(C)Nc1nc(C)nc(N)n1. The summed E-state index contributed by atoms with van der Waals surface area (Å²) >= 11 is 0. The third-order valence-electron chi connectivity index (χ3n) is 2.70. The number of benzene rings is 1. The molecule has 0 aliphatic heterocycles. The van der Waals surface area contributed by atoms with Gasteiger partial charge in [0.25, 0.3) is 0 Å². The lowest BCUT2D eigenvalue weighted by molar-refractivity contribution is 0.283. The van der Waals surface area contributed by atoms with Crippen LogP contribution in [-0.2, 0) is 0 Å². The minimum absolute atomic E-state index is 0.00360. The summed E-state index contributed by atoms with van der Waals surface area (Å²) in [4.78, 5) is 12.1. The Morgan fingerprint density at radius 1 is 1.19 bits per heavy atom. The summed E-state index contributed by atoms with van der Waals surface area (Å²) in [6.45, 7) is 4.16. The molecule has 1 unspecified atom stereocenters. The highest BCUT2D eigenvalue weighted by atomic mass is 16.5. The van der Waals surface area contributed by atoms with E-state index in [1.165, 1.54) is 0 Å². The Balaban J connectivity index is 1.94. The summed E-state index contributed by atoms with van der Waals surface area (Å²) in [5.74, 6) is 2.60. The molecule has 1 atom stereocenters. The lowest BCUT2D eigenvalue weighted by atomic mass is 10.3. The van der Waals surface area contributed by atoms with E-state index in [-0.39, 0.29) is 12.0 Å². The van der Waals surface area contributed by atoms with Crippen molar-refractivity contribution in [1.29, 1.82) is 0 Å². The predicted molar refractivity (Wildman–Crippen MR) is 80.6 cm³/mol. The van der Waals surface area contributed by atoms with E-state index in [1.807, 2.05) is 31.2 Å². The van der Waals surface area contributed by atoms with Crippen LogP contribution in [0.25, 0.3) is 0 Å². The van der Waals surface area contributed by atoms with Crippen molar-refractivity contribution in [2.45, 2.75) is 19.9 Å². The number of aromatic nitrogens is 3. The van der Waals surface area contributed by atoms with Gasteiger partial charge < -0.3 is 20.5 Å². The molecule has 1 aromatic heterocycles. The Hall–Kier alpha value is -2.57. The normalized spacial score (nSPS) is 11.8. The van der Waals surface area contributed by atoms with Gasteiger partial charge in [-0.1, -0.05) is 12.1 Å². The first-order valence-corrected chi connectivity index (χ1v) is 6.59. The Kier molecular flexibility index (Phi) is 4.76. The molecule has 0 aliphatic carbocycles. The largest absolute Gasteiger partial charge is 0.493 e. The van der Waals surface area contributed by atoms with Crippen LogP contribution in [-0.4, -0.2) is 34.7 Å². The number of hydrogen-bond donors (Lipinski definition) is 2. The molecule has 0 fully saturated rings. The molecule has 1 aromatic carbocycles. The second kappa shape index (κ2) is 6.74. The number of nitrogens with zero attached hydrogens (tertiary/aromatic N) is 3. The number of nitrogens with one attached hydrogen (secondary N) is 1. The summed E-state index contributed by atoms with van der Waals surface area (Å²) in [6.07, 6.45) is 0. The Bertz CT molecular complexity index is 585. The van der Waals surface area contributed by atoms with Gasteiger partial charge in [-0.25, -0.2) is 0 Å². The molecule has 0 bridgehead atoms. The molecular weight excluding hydrogens is 270 g/mol. The van der Waals surface area contributed by atoms with Crippen LogP contribution < -0.4 is 20.5 Å². The average molecular weight is 289 g/mol. The standard InChI is InChI=1S/C14H19N5O2/c1-9(16-14-18-10(2)17-13(15)19-14)8-21-12-7-5-4-6-11(12)20-3/h4-7,9H,8H2,1-3H3,(H3,15,16,17,18,19). The van der Waals surface area contributed by atoms with Gasteiger partial charge in [0.05, 0.1) is 13.2 Å². The zero-order valence-corrected chi connectivity index (χ0v) is 12.3. The zero-order chi connectivity index (χ0) is 15.2. The third-order valence-corrected chi connectivity index (χ3v) is 2.70. The molecule has 21 heavy (non-hydrogen) atoms. The number of anilines is 2. The van der Waals surface area contributed by atoms with E-state index in [2.05, 4.69) is 20.3 Å². The van der Waals surface area contributed by atoms with Crippen LogP contribution in [0.1, 0.15) is 12.7 Å². The fraction of sp³-hybridized carbons (Fsp3) is 0.357. The van der Waals surface area contributed by atoms with Crippen molar-refractivity contribution in [3.8, 4) is 11.5 Å². The maximum Gasteiger partial charge on any atom is 0.228 e. The Morgan fingerprint density at radius 2 is 1.90 bits per heavy atom. The second-order valence-electron chi connectivity index (χ2n) is 4.57. The lowest BCUT2D eigenvalue weighted by Gasteiger charge is -2.16. The molecule has 0 amide bonds. The van der Waals surface area contributed by atoms with Crippen LogP contribution in [0, 0.1) is 6.92 Å². The van der Waals surface area contributed by atoms with Gasteiger partial charge in [0.15, 0.2) is 11.5 Å². The number of nitrogens with two attached hydrogens (primary N) is 1. The third kappa shape index (κ3) is 4.20. The number of ether oxygens (including phenoxy) is 2. The van der Waals surface area contributed by atoms with E-state index in [0.717, 1.165) is 0 Å². The number of aryl methyl sites for hydroxylation is 1. The number of hydrogen-bond acceptors (Lipinski definition) is 7. The van der Waals surface area contributed by atoms with Gasteiger partial charge in [0.1, 0.15) is 12.4 Å². The first-order valence-electron chi connectivity index (χ1n) is 6.59. The molecule has 0 saturated heterocycles. The van der Waals surface area contributed by atoms with Crippen molar-refractivity contribution >= 4 is 11.9 Å². The first kappa shape index (κ1) is 14.8. The maximum atomic E-state index is 5.73. The van der Waals surface area contributed by atoms with Crippen LogP contribution in [0.15, 0.2) is 24.3 Å². The summed E-state index contributed by atoms with van der Waals surface area (Å²) in [5.41, 5.74) is 5.59. The van der Waals surface area contributed by atoms with Gasteiger partial charge in [-0.15, -0.1) is 0 Å². The molecule has 2 rings (SSSR count). The van der Waals surface area contributed by atoms with Crippen molar-refractivity contribution in [3.05, 3.63) is 30.1 Å². The fourth-order valence-electron chi connectivity index (χ4n) is 1.78. The molecule has 112 valence electrons. The molecule has 0 spiro atoms. The smallest absolute Gasteiger partial charge is 0.228 e. The van der Waals surface area contributed by atoms with Crippen molar-refractivity contribution in [2.75, 3.05) is 24.8 Å². The number of para-hydroxylation sites is 2. The molecule has 0 saturated carbocycles. The summed E-state index contributed by atoms with van der Waals surface area (Å²) in [5, 5.41) is 3.12. The van der Waals surface area contributed by atoms with Crippen LogP contribution in [0.3, 0.4) is 0 Å². The molecule has 1 heterocycles. The number of methoxy groups -OCH3 is 1. The van der Waals surface area contributed by atoms with Gasteiger partial charge in [-0.3, -0.25) is 0 Å². The summed E-state index contributed by atoms with van der Waals surface area (Å²) in [7, 11) is 1.61. The predicted octanol–water partition coefficient (Wildman–Crippen LogP) is 1.65. The van der Waals surface area contributed by atoms with E-state index >= 15 is 0 Å². The van der Waals surface area contributed by atoms with E-state index in [4.69, 9.17) is 15.2 Å². The number of nitrogen functional groups attached to an aromatic ring is 1. The molecule has 0 radical (unpaired) electrons. The minimum atomic E-state index is -0.00360. The summed E-state index contributed by atoms with van der Waals surface area (Å²) in [6, 6.07) is 7.49. The van der Waals surface area contributed by atoms with Crippen LogP contribution in [0.5, 0.6) is 11.5 Å². The second-order valence-corrected chi connectivity index (χ2v) is 4.57. The summed E-state index contributed by atoms with van der Waals surface area (Å²) < 4.78 is 11.0. The molecular formula is C14H19N5O2. The highest BCUT2D eigenvalue weighted by Crippen LogP contribution is 2.25. The minimum Gasteiger partial charge on any atom is -0.493 e. The monoisotopic (exact) mass is 289 g/mol. The van der Waals surface area contributed by atoms with Gasteiger partial charge in [-0.05, 0) is 26.0 Å². The Morgan fingerprint density at radius 3 is 2.57 bits per heavy atom.